The third-order valence-corrected chi connectivity index (χ3v) is 3.51. The highest BCUT2D eigenvalue weighted by molar-refractivity contribution is 9.10. The molecule has 1 saturated heterocycles. The summed E-state index contributed by atoms with van der Waals surface area (Å²) >= 11 is 5.02. The van der Waals surface area contributed by atoms with Crippen LogP contribution in [0.25, 0.3) is 0 Å². The van der Waals surface area contributed by atoms with E-state index in [4.69, 9.17) is 0 Å². The fourth-order valence-electron chi connectivity index (χ4n) is 1.14. The summed E-state index contributed by atoms with van der Waals surface area (Å²) in [6.45, 7) is 0.686. The molecule has 1 aromatic heterocycles. The van der Waals surface area contributed by atoms with E-state index in [2.05, 4.69) is 26.6 Å². The number of urea groups is 1. The van der Waals surface area contributed by atoms with Gasteiger partial charge in [-0.1, -0.05) is 0 Å². The van der Waals surface area contributed by atoms with E-state index in [0.29, 0.717) is 6.54 Å². The molecule has 64 valence electrons. The molecule has 0 aromatic carbocycles. The van der Waals surface area contributed by atoms with Crippen LogP contribution in [0.15, 0.2) is 15.9 Å². The quantitative estimate of drug-likeness (QED) is 0.781. The van der Waals surface area contributed by atoms with E-state index in [0.717, 1.165) is 4.47 Å². The van der Waals surface area contributed by atoms with Crippen LogP contribution in [0.2, 0.25) is 0 Å². The molecule has 0 unspecified atom stereocenters. The molecule has 0 radical (unpaired) electrons. The van der Waals surface area contributed by atoms with Crippen molar-refractivity contribution in [1.29, 1.82) is 0 Å². The van der Waals surface area contributed by atoms with E-state index >= 15 is 0 Å². The fourth-order valence-corrected chi connectivity index (χ4v) is 2.63. The minimum atomic E-state index is -0.0791. The van der Waals surface area contributed by atoms with Crippen LogP contribution in [0.4, 0.5) is 4.79 Å². The molecule has 1 aliphatic rings. The first kappa shape index (κ1) is 8.07. The van der Waals surface area contributed by atoms with Crippen molar-refractivity contribution >= 4 is 33.3 Å². The molecule has 1 aliphatic heterocycles. The van der Waals surface area contributed by atoms with Gasteiger partial charge in [-0.15, -0.1) is 11.3 Å². The van der Waals surface area contributed by atoms with E-state index in [1.165, 1.54) is 4.88 Å². The maximum absolute atomic E-state index is 10.8. The molecule has 1 atom stereocenters. The molecular weight excluding hydrogens is 240 g/mol. The molecule has 0 bridgehead atoms. The lowest BCUT2D eigenvalue weighted by atomic mass is 10.2. The Bertz CT molecular complexity index is 312. The van der Waals surface area contributed by atoms with Crippen molar-refractivity contribution in [1.82, 2.24) is 10.6 Å². The van der Waals surface area contributed by atoms with Gasteiger partial charge in [0.25, 0.3) is 0 Å². The lowest BCUT2D eigenvalue weighted by Gasteiger charge is -2.03. The molecule has 2 amide bonds. The summed E-state index contributed by atoms with van der Waals surface area (Å²) < 4.78 is 1.07. The summed E-state index contributed by atoms with van der Waals surface area (Å²) in [7, 11) is 0. The van der Waals surface area contributed by atoms with Gasteiger partial charge in [0.1, 0.15) is 0 Å². The Morgan fingerprint density at radius 2 is 2.50 bits per heavy atom. The van der Waals surface area contributed by atoms with Crippen LogP contribution in [-0.2, 0) is 0 Å². The Kier molecular flexibility index (Phi) is 2.06. The maximum Gasteiger partial charge on any atom is 0.315 e. The summed E-state index contributed by atoms with van der Waals surface area (Å²) in [6.07, 6.45) is 0. The average molecular weight is 247 g/mol. The Labute approximate surface area is 82.3 Å². The topological polar surface area (TPSA) is 41.1 Å². The van der Waals surface area contributed by atoms with Gasteiger partial charge in [-0.3, -0.25) is 0 Å². The minimum absolute atomic E-state index is 0.0791. The van der Waals surface area contributed by atoms with Crippen LogP contribution < -0.4 is 10.6 Å². The van der Waals surface area contributed by atoms with Gasteiger partial charge in [-0.25, -0.2) is 4.79 Å². The van der Waals surface area contributed by atoms with E-state index in [1.54, 1.807) is 11.3 Å². The summed E-state index contributed by atoms with van der Waals surface area (Å²) in [5, 5.41) is 7.56. The number of halogens is 1. The summed E-state index contributed by atoms with van der Waals surface area (Å²) in [6, 6.07) is 2.10. The van der Waals surface area contributed by atoms with Gasteiger partial charge in [0.05, 0.1) is 6.04 Å². The SMILES string of the molecule is O=C1NC[C@@H](c2cc(Br)cs2)N1. The van der Waals surface area contributed by atoms with Crippen LogP contribution in [0.3, 0.4) is 0 Å². The van der Waals surface area contributed by atoms with Gasteiger partial charge >= 0.3 is 6.03 Å². The molecule has 0 saturated carbocycles. The number of rotatable bonds is 1. The number of carbonyl (C=O) groups is 1. The Morgan fingerprint density at radius 1 is 1.67 bits per heavy atom. The smallest absolute Gasteiger partial charge is 0.315 e. The number of amides is 2. The van der Waals surface area contributed by atoms with Gasteiger partial charge in [0.2, 0.25) is 0 Å². The van der Waals surface area contributed by atoms with Crippen LogP contribution in [0, 0.1) is 0 Å². The first-order chi connectivity index (χ1) is 5.75. The molecule has 2 N–H and O–H groups in total. The van der Waals surface area contributed by atoms with Crippen molar-refractivity contribution in [3.05, 3.63) is 20.8 Å². The van der Waals surface area contributed by atoms with E-state index in [-0.39, 0.29) is 12.1 Å². The molecule has 1 fully saturated rings. The molecule has 2 heterocycles. The summed E-state index contributed by atoms with van der Waals surface area (Å²) in [5.74, 6) is 0. The molecule has 1 aromatic rings. The first-order valence-electron chi connectivity index (χ1n) is 3.54. The fraction of sp³-hybridized carbons (Fsp3) is 0.286. The highest BCUT2D eigenvalue weighted by atomic mass is 79.9. The van der Waals surface area contributed by atoms with E-state index in [1.807, 2.05) is 11.4 Å². The zero-order valence-corrected chi connectivity index (χ0v) is 8.54. The third-order valence-electron chi connectivity index (χ3n) is 1.70. The van der Waals surface area contributed by atoms with E-state index < -0.39 is 0 Å². The molecule has 3 nitrogen and oxygen atoms in total. The van der Waals surface area contributed by atoms with Crippen LogP contribution in [0.1, 0.15) is 10.9 Å². The number of nitrogens with one attached hydrogen (secondary N) is 2. The standard InChI is InChI=1S/C7H7BrN2OS/c8-4-1-6(12-3-4)5-2-9-7(11)10-5/h1,3,5H,2H2,(H2,9,10,11)/t5-/m0/s1. The average Bonchev–Trinajstić information content (AvgIpc) is 2.58. The zero-order chi connectivity index (χ0) is 8.55. The van der Waals surface area contributed by atoms with Gasteiger partial charge in [-0.2, -0.15) is 0 Å². The van der Waals surface area contributed by atoms with Crippen LogP contribution in [0.5, 0.6) is 0 Å². The van der Waals surface area contributed by atoms with E-state index in [9.17, 15) is 4.79 Å². The van der Waals surface area contributed by atoms with Crippen LogP contribution in [-0.4, -0.2) is 12.6 Å². The number of hydrogen-bond acceptors (Lipinski definition) is 2. The first-order valence-corrected chi connectivity index (χ1v) is 5.21. The third kappa shape index (κ3) is 1.47. The van der Waals surface area contributed by atoms with Crippen molar-refractivity contribution < 1.29 is 4.79 Å². The second-order valence-corrected chi connectivity index (χ2v) is 4.43. The Balaban J connectivity index is 2.15. The largest absolute Gasteiger partial charge is 0.336 e. The summed E-state index contributed by atoms with van der Waals surface area (Å²) in [4.78, 5) is 12.0. The van der Waals surface area contributed by atoms with Gasteiger partial charge in [0.15, 0.2) is 0 Å². The van der Waals surface area contributed by atoms with Crippen molar-refractivity contribution in [2.75, 3.05) is 6.54 Å². The molecule has 12 heavy (non-hydrogen) atoms. The van der Waals surface area contributed by atoms with Gasteiger partial charge < -0.3 is 10.6 Å². The molecule has 0 aliphatic carbocycles. The minimum Gasteiger partial charge on any atom is -0.336 e. The predicted molar refractivity (Wildman–Crippen MR) is 51.3 cm³/mol. The number of hydrogen-bond donors (Lipinski definition) is 2. The van der Waals surface area contributed by atoms with Crippen molar-refractivity contribution in [3.63, 3.8) is 0 Å². The molecule has 0 spiro atoms. The molecular formula is C7H7BrN2OS. The predicted octanol–water partition coefficient (Wildman–Crippen LogP) is 1.86. The van der Waals surface area contributed by atoms with Crippen molar-refractivity contribution in [2.24, 2.45) is 0 Å². The Morgan fingerprint density at radius 3 is 3.00 bits per heavy atom. The second-order valence-electron chi connectivity index (χ2n) is 2.57. The number of thiophene rings is 1. The number of carbonyl (C=O) groups excluding carboxylic acids is 1. The van der Waals surface area contributed by atoms with Gasteiger partial charge in [0, 0.05) is 21.3 Å². The Hall–Kier alpha value is -0.550. The maximum atomic E-state index is 10.8. The monoisotopic (exact) mass is 246 g/mol. The molecule has 2 rings (SSSR count). The zero-order valence-electron chi connectivity index (χ0n) is 6.13. The second kappa shape index (κ2) is 3.06. The lowest BCUT2D eigenvalue weighted by Crippen LogP contribution is -2.21. The molecule has 5 heteroatoms. The van der Waals surface area contributed by atoms with Gasteiger partial charge in [-0.05, 0) is 22.0 Å². The van der Waals surface area contributed by atoms with Crippen molar-refractivity contribution in [3.8, 4) is 0 Å². The lowest BCUT2D eigenvalue weighted by molar-refractivity contribution is 0.247. The summed E-state index contributed by atoms with van der Waals surface area (Å²) in [5.41, 5.74) is 0. The van der Waals surface area contributed by atoms with Crippen molar-refractivity contribution in [2.45, 2.75) is 6.04 Å². The highest BCUT2D eigenvalue weighted by Gasteiger charge is 2.22. The normalized spacial score (nSPS) is 22.1. The van der Waals surface area contributed by atoms with Crippen LogP contribution >= 0.6 is 27.3 Å². The highest BCUT2D eigenvalue weighted by Crippen LogP contribution is 2.26.